The summed E-state index contributed by atoms with van der Waals surface area (Å²) < 4.78 is 5.16. The predicted molar refractivity (Wildman–Crippen MR) is 72.4 cm³/mol. The molecule has 2 atom stereocenters. The van der Waals surface area contributed by atoms with Gasteiger partial charge in [-0.2, -0.15) is 0 Å². The van der Waals surface area contributed by atoms with E-state index in [1.807, 2.05) is 13.0 Å². The highest BCUT2D eigenvalue weighted by Crippen LogP contribution is 2.16. The molecule has 1 fully saturated rings. The Balaban J connectivity index is 1.97. The van der Waals surface area contributed by atoms with Crippen molar-refractivity contribution >= 4 is 0 Å². The van der Waals surface area contributed by atoms with Crippen LogP contribution in [0, 0.1) is 6.92 Å². The van der Waals surface area contributed by atoms with Gasteiger partial charge in [0.2, 0.25) is 0 Å². The largest absolute Gasteiger partial charge is 0.361 e. The van der Waals surface area contributed by atoms with E-state index in [1.54, 1.807) is 0 Å². The molecule has 102 valence electrons. The summed E-state index contributed by atoms with van der Waals surface area (Å²) in [5.41, 5.74) is 1.06. The third-order valence-electron chi connectivity index (χ3n) is 3.76. The zero-order chi connectivity index (χ0) is 13.0. The van der Waals surface area contributed by atoms with Gasteiger partial charge in [-0.1, -0.05) is 25.4 Å². The van der Waals surface area contributed by atoms with E-state index in [0.717, 1.165) is 31.1 Å². The second-order valence-electron chi connectivity index (χ2n) is 5.31. The van der Waals surface area contributed by atoms with Gasteiger partial charge in [-0.05, 0) is 19.8 Å². The molecule has 4 heteroatoms. The van der Waals surface area contributed by atoms with Crippen LogP contribution < -0.4 is 5.32 Å². The first kappa shape index (κ1) is 13.6. The zero-order valence-corrected chi connectivity index (χ0v) is 11.8. The minimum atomic E-state index is 0.620. The van der Waals surface area contributed by atoms with Gasteiger partial charge in [0.25, 0.3) is 0 Å². The first-order chi connectivity index (χ1) is 8.72. The Morgan fingerprint density at radius 1 is 1.50 bits per heavy atom. The Bertz CT molecular complexity index is 364. The molecule has 1 aromatic heterocycles. The fraction of sp³-hybridized carbons (Fsp3) is 0.786. The number of rotatable bonds is 5. The smallest absolute Gasteiger partial charge is 0.133 e. The minimum absolute atomic E-state index is 0.620. The lowest BCUT2D eigenvalue weighted by atomic mass is 10.0. The van der Waals surface area contributed by atoms with Crippen LogP contribution in [-0.4, -0.2) is 35.2 Å². The van der Waals surface area contributed by atoms with Crippen LogP contribution in [0.2, 0.25) is 0 Å². The van der Waals surface area contributed by atoms with Gasteiger partial charge in [0.05, 0.1) is 5.69 Å². The summed E-state index contributed by atoms with van der Waals surface area (Å²) in [5, 5.41) is 7.77. The van der Waals surface area contributed by atoms with Gasteiger partial charge in [0.15, 0.2) is 0 Å². The molecule has 4 nitrogen and oxygen atoms in total. The summed E-state index contributed by atoms with van der Waals surface area (Å²) in [7, 11) is 0. The molecule has 1 aromatic rings. The van der Waals surface area contributed by atoms with Crippen LogP contribution in [-0.2, 0) is 6.54 Å². The van der Waals surface area contributed by atoms with Gasteiger partial charge in [-0.25, -0.2) is 0 Å². The van der Waals surface area contributed by atoms with E-state index in [0.29, 0.717) is 12.1 Å². The molecule has 2 rings (SSSR count). The van der Waals surface area contributed by atoms with Gasteiger partial charge in [-0.3, -0.25) is 4.90 Å². The molecule has 1 aliphatic rings. The molecule has 0 aromatic carbocycles. The maximum Gasteiger partial charge on any atom is 0.133 e. The van der Waals surface area contributed by atoms with Crippen molar-refractivity contribution in [1.29, 1.82) is 0 Å². The van der Waals surface area contributed by atoms with Crippen LogP contribution in [0.15, 0.2) is 10.6 Å². The second kappa shape index (κ2) is 6.34. The van der Waals surface area contributed by atoms with E-state index < -0.39 is 0 Å². The summed E-state index contributed by atoms with van der Waals surface area (Å²) in [4.78, 5) is 2.55. The quantitative estimate of drug-likeness (QED) is 0.872. The number of nitrogens with zero attached hydrogens (tertiary/aromatic N) is 2. The Hall–Kier alpha value is -0.870. The number of aryl methyl sites for hydroxylation is 1. The fourth-order valence-corrected chi connectivity index (χ4v) is 2.77. The number of piperazine rings is 1. The summed E-state index contributed by atoms with van der Waals surface area (Å²) >= 11 is 0. The summed E-state index contributed by atoms with van der Waals surface area (Å²) in [5.74, 6) is 0.901. The van der Waals surface area contributed by atoms with Crippen molar-refractivity contribution in [2.75, 3.05) is 13.1 Å². The van der Waals surface area contributed by atoms with E-state index in [-0.39, 0.29) is 0 Å². The number of nitrogens with one attached hydrogen (secondary N) is 1. The van der Waals surface area contributed by atoms with Crippen LogP contribution in [0.4, 0.5) is 0 Å². The van der Waals surface area contributed by atoms with Crippen molar-refractivity contribution in [1.82, 2.24) is 15.4 Å². The second-order valence-corrected chi connectivity index (χ2v) is 5.31. The molecule has 0 radical (unpaired) electrons. The Morgan fingerprint density at radius 2 is 2.33 bits per heavy atom. The van der Waals surface area contributed by atoms with Crippen molar-refractivity contribution < 1.29 is 4.52 Å². The molecular formula is C14H25N3O. The molecule has 0 bridgehead atoms. The van der Waals surface area contributed by atoms with Gasteiger partial charge in [0.1, 0.15) is 5.76 Å². The summed E-state index contributed by atoms with van der Waals surface area (Å²) in [6, 6.07) is 3.30. The van der Waals surface area contributed by atoms with Crippen LogP contribution in [0.5, 0.6) is 0 Å². The van der Waals surface area contributed by atoms with Gasteiger partial charge in [0, 0.05) is 37.8 Å². The molecule has 18 heavy (non-hydrogen) atoms. The Kier molecular flexibility index (Phi) is 4.78. The maximum atomic E-state index is 5.16. The van der Waals surface area contributed by atoms with Gasteiger partial charge >= 0.3 is 0 Å². The molecular weight excluding hydrogens is 226 g/mol. The lowest BCUT2D eigenvalue weighted by Gasteiger charge is -2.39. The first-order valence-corrected chi connectivity index (χ1v) is 7.12. The summed E-state index contributed by atoms with van der Waals surface area (Å²) in [6.45, 7) is 9.59. The molecule has 0 aliphatic carbocycles. The molecule has 1 N–H and O–H groups in total. The highest BCUT2D eigenvalue weighted by atomic mass is 16.5. The average Bonchev–Trinajstić information content (AvgIpc) is 2.76. The van der Waals surface area contributed by atoms with Crippen molar-refractivity contribution in [2.24, 2.45) is 0 Å². The van der Waals surface area contributed by atoms with E-state index in [4.69, 9.17) is 4.52 Å². The lowest BCUT2D eigenvalue weighted by molar-refractivity contribution is 0.113. The molecule has 0 spiro atoms. The molecule has 0 amide bonds. The minimum Gasteiger partial charge on any atom is -0.361 e. The molecule has 2 heterocycles. The number of hydrogen-bond acceptors (Lipinski definition) is 4. The standard InChI is InChI=1S/C14H25N3O/c1-4-6-12-9-17(14(5-2)8-15-12)10-13-7-11(3)18-16-13/h7,12,14-15H,4-6,8-10H2,1-3H3. The topological polar surface area (TPSA) is 41.3 Å². The monoisotopic (exact) mass is 251 g/mol. The molecule has 1 saturated heterocycles. The van der Waals surface area contributed by atoms with E-state index >= 15 is 0 Å². The molecule has 0 saturated carbocycles. The number of hydrogen-bond donors (Lipinski definition) is 1. The van der Waals surface area contributed by atoms with Gasteiger partial charge in [-0.15, -0.1) is 0 Å². The molecule has 2 unspecified atom stereocenters. The highest BCUT2D eigenvalue weighted by Gasteiger charge is 2.26. The van der Waals surface area contributed by atoms with E-state index in [1.165, 1.54) is 19.3 Å². The SMILES string of the molecule is CCCC1CN(Cc2cc(C)on2)C(CC)CN1. The van der Waals surface area contributed by atoms with Crippen molar-refractivity contribution in [3.63, 3.8) is 0 Å². The summed E-state index contributed by atoms with van der Waals surface area (Å²) in [6.07, 6.45) is 3.68. The average molecular weight is 251 g/mol. The zero-order valence-electron chi connectivity index (χ0n) is 11.8. The Labute approximate surface area is 110 Å². The highest BCUT2D eigenvalue weighted by molar-refractivity contribution is 5.04. The third-order valence-corrected chi connectivity index (χ3v) is 3.76. The fourth-order valence-electron chi connectivity index (χ4n) is 2.77. The lowest BCUT2D eigenvalue weighted by Crippen LogP contribution is -2.55. The maximum absolute atomic E-state index is 5.16. The van der Waals surface area contributed by atoms with Crippen LogP contribution in [0.25, 0.3) is 0 Å². The van der Waals surface area contributed by atoms with Crippen molar-refractivity contribution in [2.45, 2.75) is 58.7 Å². The van der Waals surface area contributed by atoms with Gasteiger partial charge < -0.3 is 9.84 Å². The number of aromatic nitrogens is 1. The normalized spacial score (nSPS) is 25.5. The van der Waals surface area contributed by atoms with Crippen molar-refractivity contribution in [3.05, 3.63) is 17.5 Å². The molecule has 1 aliphatic heterocycles. The van der Waals surface area contributed by atoms with E-state index in [9.17, 15) is 0 Å². The first-order valence-electron chi connectivity index (χ1n) is 7.12. The predicted octanol–water partition coefficient (Wildman–Crippen LogP) is 2.34. The van der Waals surface area contributed by atoms with Crippen LogP contribution in [0.3, 0.4) is 0 Å². The van der Waals surface area contributed by atoms with Crippen LogP contribution >= 0.6 is 0 Å². The van der Waals surface area contributed by atoms with Crippen LogP contribution in [0.1, 0.15) is 44.6 Å². The third kappa shape index (κ3) is 3.33. The van der Waals surface area contributed by atoms with E-state index in [2.05, 4.69) is 29.2 Å². The van der Waals surface area contributed by atoms with Crippen molar-refractivity contribution in [3.8, 4) is 0 Å². The Morgan fingerprint density at radius 3 is 2.94 bits per heavy atom.